The SMILES string of the molecule is Nc1ncnc2c(C(=O)Cc3cccc(Cl)c3Cl)csc12. The predicted molar refractivity (Wildman–Crippen MR) is 86.3 cm³/mol. The van der Waals surface area contributed by atoms with E-state index in [0.29, 0.717) is 32.5 Å². The van der Waals surface area contributed by atoms with E-state index in [1.54, 1.807) is 23.6 Å². The number of nitrogens with two attached hydrogens (primary N) is 1. The van der Waals surface area contributed by atoms with E-state index in [1.807, 2.05) is 0 Å². The molecule has 0 bridgehead atoms. The number of carbonyl (C=O) groups excluding carboxylic acids is 1. The number of thiophene rings is 1. The van der Waals surface area contributed by atoms with Gasteiger partial charge in [0.05, 0.1) is 25.8 Å². The second-order valence-electron chi connectivity index (χ2n) is 4.40. The molecule has 7 heteroatoms. The molecule has 0 aliphatic carbocycles. The van der Waals surface area contributed by atoms with Gasteiger partial charge in [-0.2, -0.15) is 0 Å². The van der Waals surface area contributed by atoms with Gasteiger partial charge in [-0.15, -0.1) is 11.3 Å². The minimum Gasteiger partial charge on any atom is -0.382 e. The number of hydrogen-bond donors (Lipinski definition) is 1. The molecule has 0 aliphatic rings. The number of Topliss-reactive ketones (excluding diaryl/α,β-unsaturated/α-hetero) is 1. The zero-order valence-electron chi connectivity index (χ0n) is 10.6. The van der Waals surface area contributed by atoms with Crippen LogP contribution in [0.2, 0.25) is 10.0 Å². The summed E-state index contributed by atoms with van der Waals surface area (Å²) in [5.41, 5.74) is 7.57. The van der Waals surface area contributed by atoms with E-state index in [0.717, 1.165) is 4.70 Å². The zero-order valence-corrected chi connectivity index (χ0v) is 13.0. The van der Waals surface area contributed by atoms with Gasteiger partial charge in [-0.3, -0.25) is 4.79 Å². The molecule has 21 heavy (non-hydrogen) atoms. The molecule has 0 saturated carbocycles. The van der Waals surface area contributed by atoms with Crippen LogP contribution >= 0.6 is 34.5 Å². The van der Waals surface area contributed by atoms with Crippen LogP contribution in [0.25, 0.3) is 10.2 Å². The third kappa shape index (κ3) is 2.60. The van der Waals surface area contributed by atoms with Gasteiger partial charge in [0.15, 0.2) is 5.78 Å². The Kier molecular flexibility index (Phi) is 3.80. The van der Waals surface area contributed by atoms with Crippen molar-refractivity contribution in [2.45, 2.75) is 6.42 Å². The van der Waals surface area contributed by atoms with E-state index in [1.165, 1.54) is 17.7 Å². The van der Waals surface area contributed by atoms with Gasteiger partial charge in [-0.1, -0.05) is 35.3 Å². The fourth-order valence-corrected chi connectivity index (χ4v) is 3.33. The van der Waals surface area contributed by atoms with Gasteiger partial charge in [-0.05, 0) is 11.6 Å². The average Bonchev–Trinajstić information content (AvgIpc) is 2.89. The highest BCUT2D eigenvalue weighted by molar-refractivity contribution is 7.18. The summed E-state index contributed by atoms with van der Waals surface area (Å²) in [6, 6.07) is 5.23. The molecule has 0 unspecified atom stereocenters. The van der Waals surface area contributed by atoms with Gasteiger partial charge >= 0.3 is 0 Å². The van der Waals surface area contributed by atoms with Crippen LogP contribution in [0.15, 0.2) is 29.9 Å². The van der Waals surface area contributed by atoms with Crippen LogP contribution < -0.4 is 5.73 Å². The fourth-order valence-electron chi connectivity index (χ4n) is 2.02. The first-order valence-electron chi connectivity index (χ1n) is 6.01. The van der Waals surface area contributed by atoms with Crippen LogP contribution in [0.5, 0.6) is 0 Å². The summed E-state index contributed by atoms with van der Waals surface area (Å²) in [5, 5.41) is 2.58. The van der Waals surface area contributed by atoms with E-state index >= 15 is 0 Å². The van der Waals surface area contributed by atoms with Crippen LogP contribution in [0, 0.1) is 0 Å². The molecule has 3 rings (SSSR count). The Labute approximate surface area is 134 Å². The second-order valence-corrected chi connectivity index (χ2v) is 6.06. The Balaban J connectivity index is 1.98. The fraction of sp³-hybridized carbons (Fsp3) is 0.0714. The molecule has 0 saturated heterocycles. The number of benzene rings is 1. The van der Waals surface area contributed by atoms with Crippen LogP contribution in [0.1, 0.15) is 15.9 Å². The van der Waals surface area contributed by atoms with Crippen molar-refractivity contribution < 1.29 is 4.79 Å². The zero-order chi connectivity index (χ0) is 15.0. The highest BCUT2D eigenvalue weighted by Crippen LogP contribution is 2.30. The van der Waals surface area contributed by atoms with Crippen molar-refractivity contribution in [3.8, 4) is 0 Å². The number of hydrogen-bond acceptors (Lipinski definition) is 5. The Morgan fingerprint density at radius 2 is 2.10 bits per heavy atom. The average molecular weight is 338 g/mol. The lowest BCUT2D eigenvalue weighted by atomic mass is 10.0. The van der Waals surface area contributed by atoms with Crippen molar-refractivity contribution in [2.24, 2.45) is 0 Å². The van der Waals surface area contributed by atoms with Gasteiger partial charge < -0.3 is 5.73 Å². The molecule has 1 aromatic carbocycles. The molecule has 3 aromatic rings. The lowest BCUT2D eigenvalue weighted by Crippen LogP contribution is -2.04. The molecule has 106 valence electrons. The monoisotopic (exact) mass is 337 g/mol. The maximum atomic E-state index is 12.5. The predicted octanol–water partition coefficient (Wildman–Crippen LogP) is 4.01. The van der Waals surface area contributed by atoms with Crippen LogP contribution in [0.3, 0.4) is 0 Å². The number of ketones is 1. The highest BCUT2D eigenvalue weighted by atomic mass is 35.5. The molecule has 0 radical (unpaired) electrons. The lowest BCUT2D eigenvalue weighted by Gasteiger charge is -2.04. The maximum Gasteiger partial charge on any atom is 0.170 e. The summed E-state index contributed by atoms with van der Waals surface area (Å²) in [7, 11) is 0. The molecule has 0 amide bonds. The van der Waals surface area contributed by atoms with Crippen molar-refractivity contribution in [1.82, 2.24) is 9.97 Å². The number of aromatic nitrogens is 2. The standard InChI is InChI=1S/C14H9Cl2N3OS/c15-9-3-1-2-7(11(9)16)4-10(20)8-5-21-13-12(8)18-6-19-14(13)17/h1-3,5-6H,4H2,(H2,17,18,19). The molecular weight excluding hydrogens is 329 g/mol. The van der Waals surface area contributed by atoms with Crippen molar-refractivity contribution in [1.29, 1.82) is 0 Å². The van der Waals surface area contributed by atoms with Crippen molar-refractivity contribution >= 4 is 56.4 Å². The molecule has 2 heterocycles. The summed E-state index contributed by atoms with van der Waals surface area (Å²) < 4.78 is 0.720. The number of halogens is 2. The molecule has 0 aliphatic heterocycles. The molecule has 4 nitrogen and oxygen atoms in total. The van der Waals surface area contributed by atoms with Gasteiger partial charge in [0.1, 0.15) is 12.1 Å². The topological polar surface area (TPSA) is 68.9 Å². The molecule has 0 atom stereocenters. The van der Waals surface area contributed by atoms with Gasteiger partial charge in [0.25, 0.3) is 0 Å². The Morgan fingerprint density at radius 1 is 1.29 bits per heavy atom. The number of fused-ring (bicyclic) bond motifs is 1. The Hall–Kier alpha value is -1.69. The van der Waals surface area contributed by atoms with E-state index in [-0.39, 0.29) is 12.2 Å². The number of nitrogen functional groups attached to an aromatic ring is 1. The minimum atomic E-state index is -0.0801. The summed E-state index contributed by atoms with van der Waals surface area (Å²) in [4.78, 5) is 20.5. The highest BCUT2D eigenvalue weighted by Gasteiger charge is 2.17. The van der Waals surface area contributed by atoms with E-state index < -0.39 is 0 Å². The first-order valence-corrected chi connectivity index (χ1v) is 7.65. The summed E-state index contributed by atoms with van der Waals surface area (Å²) in [5.74, 6) is 0.299. The van der Waals surface area contributed by atoms with Crippen molar-refractivity contribution in [2.75, 3.05) is 5.73 Å². The second kappa shape index (κ2) is 5.60. The number of carbonyl (C=O) groups is 1. The number of nitrogens with zero attached hydrogens (tertiary/aromatic N) is 2. The normalized spacial score (nSPS) is 11.0. The van der Waals surface area contributed by atoms with E-state index in [2.05, 4.69) is 9.97 Å². The first-order chi connectivity index (χ1) is 10.1. The maximum absolute atomic E-state index is 12.5. The molecule has 0 spiro atoms. The third-order valence-corrected chi connectivity index (χ3v) is 4.91. The minimum absolute atomic E-state index is 0.0801. The van der Waals surface area contributed by atoms with Gasteiger partial charge in [0, 0.05) is 11.8 Å². The largest absolute Gasteiger partial charge is 0.382 e. The Morgan fingerprint density at radius 3 is 2.90 bits per heavy atom. The smallest absolute Gasteiger partial charge is 0.170 e. The quantitative estimate of drug-likeness (QED) is 0.733. The van der Waals surface area contributed by atoms with Crippen LogP contribution in [-0.4, -0.2) is 15.8 Å². The van der Waals surface area contributed by atoms with E-state index in [9.17, 15) is 4.79 Å². The van der Waals surface area contributed by atoms with Crippen molar-refractivity contribution in [3.63, 3.8) is 0 Å². The van der Waals surface area contributed by atoms with Crippen molar-refractivity contribution in [3.05, 3.63) is 51.1 Å². The Bertz CT molecular complexity index is 847. The number of rotatable bonds is 3. The summed E-state index contributed by atoms with van der Waals surface area (Å²) in [6.45, 7) is 0. The third-order valence-electron chi connectivity index (χ3n) is 3.06. The van der Waals surface area contributed by atoms with E-state index in [4.69, 9.17) is 28.9 Å². The number of anilines is 1. The lowest BCUT2D eigenvalue weighted by molar-refractivity contribution is 0.0995. The summed E-state index contributed by atoms with van der Waals surface area (Å²) in [6.07, 6.45) is 1.52. The summed E-state index contributed by atoms with van der Waals surface area (Å²) >= 11 is 13.4. The van der Waals surface area contributed by atoms with Gasteiger partial charge in [-0.25, -0.2) is 9.97 Å². The molecule has 2 N–H and O–H groups in total. The van der Waals surface area contributed by atoms with Gasteiger partial charge in [0.2, 0.25) is 0 Å². The molecule has 2 aromatic heterocycles. The molecule has 0 fully saturated rings. The first kappa shape index (κ1) is 14.3. The van der Waals surface area contributed by atoms with Crippen LogP contribution in [0.4, 0.5) is 5.82 Å². The van der Waals surface area contributed by atoms with Crippen LogP contribution in [-0.2, 0) is 6.42 Å². The molecular formula is C14H9Cl2N3OS.